The van der Waals surface area contributed by atoms with Crippen molar-refractivity contribution in [2.45, 2.75) is 32.6 Å². The van der Waals surface area contributed by atoms with Crippen LogP contribution in [0, 0.1) is 5.92 Å². The van der Waals surface area contributed by atoms with Gasteiger partial charge in [-0.3, -0.25) is 0 Å². The molecule has 1 atom stereocenters. The third-order valence-corrected chi connectivity index (χ3v) is 5.36. The van der Waals surface area contributed by atoms with Crippen LogP contribution >= 0.6 is 23.6 Å². The summed E-state index contributed by atoms with van der Waals surface area (Å²) in [5, 5.41) is 7.62. The van der Waals surface area contributed by atoms with Crippen molar-refractivity contribution in [1.29, 1.82) is 0 Å². The Bertz CT molecular complexity index is 572. The van der Waals surface area contributed by atoms with E-state index >= 15 is 0 Å². The highest BCUT2D eigenvalue weighted by Crippen LogP contribution is 2.39. The minimum absolute atomic E-state index is 0.290. The number of nitrogens with one attached hydrogen (secondary N) is 2. The molecule has 2 N–H and O–H groups in total. The van der Waals surface area contributed by atoms with Crippen LogP contribution < -0.4 is 10.6 Å². The van der Waals surface area contributed by atoms with Crippen molar-refractivity contribution in [3.63, 3.8) is 0 Å². The van der Waals surface area contributed by atoms with Gasteiger partial charge in [-0.25, -0.2) is 4.79 Å². The molecule has 0 aromatic carbocycles. The van der Waals surface area contributed by atoms with Gasteiger partial charge in [-0.1, -0.05) is 6.92 Å². The van der Waals surface area contributed by atoms with E-state index in [9.17, 15) is 4.79 Å². The number of ether oxygens (including phenoxy) is 2. The van der Waals surface area contributed by atoms with Gasteiger partial charge < -0.3 is 20.1 Å². The Labute approximate surface area is 146 Å². The Morgan fingerprint density at radius 1 is 1.43 bits per heavy atom. The second kappa shape index (κ2) is 8.61. The standard InChI is InChI=1S/C16H24N2O3S2/c1-10-5-6-11-12(9-10)23-14(13(11)15(19)21-3)18-16(22)17-7-4-8-20-2/h10H,4-9H2,1-3H3,(H2,17,18,22)/t10-/m0/s1. The molecule has 0 saturated heterocycles. The maximum absolute atomic E-state index is 12.2. The van der Waals surface area contributed by atoms with Gasteiger partial charge in [0.15, 0.2) is 5.11 Å². The number of hydrogen-bond donors (Lipinski definition) is 2. The number of anilines is 1. The number of thiophene rings is 1. The van der Waals surface area contributed by atoms with Crippen LogP contribution in [-0.2, 0) is 22.3 Å². The minimum Gasteiger partial charge on any atom is -0.465 e. The van der Waals surface area contributed by atoms with Gasteiger partial charge in [0, 0.05) is 25.1 Å². The van der Waals surface area contributed by atoms with Gasteiger partial charge in [0.1, 0.15) is 5.00 Å². The van der Waals surface area contributed by atoms with Crippen molar-refractivity contribution in [2.24, 2.45) is 5.92 Å². The minimum atomic E-state index is -0.290. The van der Waals surface area contributed by atoms with E-state index < -0.39 is 0 Å². The summed E-state index contributed by atoms with van der Waals surface area (Å²) in [7, 11) is 3.10. The molecular weight excluding hydrogens is 332 g/mol. The van der Waals surface area contributed by atoms with Crippen molar-refractivity contribution in [1.82, 2.24) is 5.32 Å². The van der Waals surface area contributed by atoms with E-state index in [1.807, 2.05) is 0 Å². The lowest BCUT2D eigenvalue weighted by atomic mass is 9.88. The highest BCUT2D eigenvalue weighted by Gasteiger charge is 2.28. The molecule has 0 radical (unpaired) electrons. The number of esters is 1. The Hall–Kier alpha value is -1.18. The summed E-state index contributed by atoms with van der Waals surface area (Å²) in [5.41, 5.74) is 1.78. The second-order valence-corrected chi connectivity index (χ2v) is 7.29. The molecule has 5 nitrogen and oxygen atoms in total. The molecule has 128 valence electrons. The number of hydrogen-bond acceptors (Lipinski definition) is 5. The summed E-state index contributed by atoms with van der Waals surface area (Å²) in [6.45, 7) is 3.67. The number of rotatable bonds is 6. The molecule has 0 unspecified atom stereocenters. The average Bonchev–Trinajstić information content (AvgIpc) is 2.87. The van der Waals surface area contributed by atoms with Crippen molar-refractivity contribution < 1.29 is 14.3 Å². The van der Waals surface area contributed by atoms with Crippen LogP contribution in [-0.4, -0.2) is 38.5 Å². The molecule has 0 amide bonds. The van der Waals surface area contributed by atoms with Gasteiger partial charge in [0.05, 0.1) is 12.7 Å². The van der Waals surface area contributed by atoms with Crippen LogP contribution in [0.3, 0.4) is 0 Å². The third-order valence-electron chi connectivity index (χ3n) is 3.94. The molecule has 0 fully saturated rings. The van der Waals surface area contributed by atoms with E-state index in [-0.39, 0.29) is 5.97 Å². The molecule has 2 rings (SSSR count). The van der Waals surface area contributed by atoms with Crippen LogP contribution in [0.25, 0.3) is 0 Å². The summed E-state index contributed by atoms with van der Waals surface area (Å²) in [4.78, 5) is 13.5. The molecule has 1 aliphatic carbocycles. The Balaban J connectivity index is 2.11. The normalized spacial score (nSPS) is 16.6. The van der Waals surface area contributed by atoms with Crippen LogP contribution in [0.15, 0.2) is 0 Å². The SMILES string of the molecule is COCCCNC(=S)Nc1sc2c(c1C(=O)OC)CC[C@H](C)C2. The molecule has 1 heterocycles. The van der Waals surface area contributed by atoms with E-state index in [1.54, 1.807) is 18.4 Å². The quantitative estimate of drug-likeness (QED) is 0.464. The highest BCUT2D eigenvalue weighted by atomic mass is 32.1. The zero-order valence-corrected chi connectivity index (χ0v) is 15.5. The van der Waals surface area contributed by atoms with Gasteiger partial charge >= 0.3 is 5.97 Å². The first-order valence-corrected chi connectivity index (χ1v) is 9.06. The first-order chi connectivity index (χ1) is 11.1. The molecule has 0 aliphatic heterocycles. The van der Waals surface area contributed by atoms with Crippen molar-refractivity contribution in [2.75, 3.05) is 32.7 Å². The molecule has 1 aromatic heterocycles. The first-order valence-electron chi connectivity index (χ1n) is 7.83. The summed E-state index contributed by atoms with van der Waals surface area (Å²) in [6.07, 6.45) is 3.92. The summed E-state index contributed by atoms with van der Waals surface area (Å²) in [5.74, 6) is 0.361. The molecule has 23 heavy (non-hydrogen) atoms. The Morgan fingerprint density at radius 3 is 2.91 bits per heavy atom. The van der Waals surface area contributed by atoms with Crippen LogP contribution in [0.1, 0.15) is 40.6 Å². The van der Waals surface area contributed by atoms with Crippen LogP contribution in [0.4, 0.5) is 5.00 Å². The lowest BCUT2D eigenvalue weighted by Gasteiger charge is -2.18. The summed E-state index contributed by atoms with van der Waals surface area (Å²) >= 11 is 6.94. The lowest BCUT2D eigenvalue weighted by molar-refractivity contribution is 0.0601. The average molecular weight is 357 g/mol. The van der Waals surface area contributed by atoms with E-state index in [2.05, 4.69) is 17.6 Å². The fourth-order valence-electron chi connectivity index (χ4n) is 2.72. The molecule has 7 heteroatoms. The van der Waals surface area contributed by atoms with Crippen molar-refractivity contribution in [3.8, 4) is 0 Å². The predicted octanol–water partition coefficient (Wildman–Crippen LogP) is 2.98. The van der Waals surface area contributed by atoms with E-state index in [0.29, 0.717) is 23.2 Å². The van der Waals surface area contributed by atoms with Gasteiger partial charge in [0.25, 0.3) is 0 Å². The lowest BCUT2D eigenvalue weighted by Crippen LogP contribution is -2.30. The molecule has 1 aliphatic rings. The number of methoxy groups -OCH3 is 2. The predicted molar refractivity (Wildman–Crippen MR) is 97.6 cm³/mol. The van der Waals surface area contributed by atoms with E-state index in [4.69, 9.17) is 21.7 Å². The zero-order chi connectivity index (χ0) is 16.8. The van der Waals surface area contributed by atoms with Gasteiger partial charge in [-0.15, -0.1) is 11.3 Å². The number of carbonyl (C=O) groups excluding carboxylic acids is 1. The largest absolute Gasteiger partial charge is 0.465 e. The number of fused-ring (bicyclic) bond motifs is 1. The molecule has 0 spiro atoms. The van der Waals surface area contributed by atoms with E-state index in [0.717, 1.165) is 42.8 Å². The summed E-state index contributed by atoms with van der Waals surface area (Å²) < 4.78 is 9.98. The smallest absolute Gasteiger partial charge is 0.341 e. The van der Waals surface area contributed by atoms with Crippen molar-refractivity contribution in [3.05, 3.63) is 16.0 Å². The summed E-state index contributed by atoms with van der Waals surface area (Å²) in [6, 6.07) is 0. The van der Waals surface area contributed by atoms with Crippen LogP contribution in [0.2, 0.25) is 0 Å². The molecule has 1 aromatic rings. The monoisotopic (exact) mass is 356 g/mol. The number of carbonyl (C=O) groups is 1. The maximum atomic E-state index is 12.2. The fourth-order valence-corrected chi connectivity index (χ4v) is 4.39. The topological polar surface area (TPSA) is 59.6 Å². The number of thiocarbonyl (C=S) groups is 1. The molecule has 0 saturated carbocycles. The van der Waals surface area contributed by atoms with E-state index in [1.165, 1.54) is 12.0 Å². The zero-order valence-electron chi connectivity index (χ0n) is 13.9. The fraction of sp³-hybridized carbons (Fsp3) is 0.625. The van der Waals surface area contributed by atoms with Crippen molar-refractivity contribution >= 4 is 39.6 Å². The van der Waals surface area contributed by atoms with Crippen LogP contribution in [0.5, 0.6) is 0 Å². The molecule has 0 bridgehead atoms. The first kappa shape index (κ1) is 18.2. The van der Waals surface area contributed by atoms with Gasteiger partial charge in [-0.2, -0.15) is 0 Å². The maximum Gasteiger partial charge on any atom is 0.341 e. The molecular formula is C16H24N2O3S2. The Morgan fingerprint density at radius 2 is 2.22 bits per heavy atom. The van der Waals surface area contributed by atoms with Gasteiger partial charge in [0.2, 0.25) is 0 Å². The third kappa shape index (κ3) is 4.65. The highest BCUT2D eigenvalue weighted by molar-refractivity contribution is 7.80. The Kier molecular flexibility index (Phi) is 6.80. The van der Waals surface area contributed by atoms with Gasteiger partial charge in [-0.05, 0) is 49.4 Å². The second-order valence-electron chi connectivity index (χ2n) is 5.77.